The van der Waals surface area contributed by atoms with Crippen molar-refractivity contribution in [2.24, 2.45) is 5.92 Å². The van der Waals surface area contributed by atoms with Crippen LogP contribution in [0.3, 0.4) is 0 Å². The third-order valence-electron chi connectivity index (χ3n) is 5.60. The number of para-hydroxylation sites is 1. The van der Waals surface area contributed by atoms with E-state index in [1.54, 1.807) is 24.3 Å². The molecule has 1 N–H and O–H groups in total. The molecule has 0 bridgehead atoms. The zero-order valence-electron chi connectivity index (χ0n) is 17.9. The average Bonchev–Trinajstić information content (AvgIpc) is 3.52. The molecule has 3 aromatic rings. The summed E-state index contributed by atoms with van der Waals surface area (Å²) < 4.78 is 3.92. The van der Waals surface area contributed by atoms with E-state index in [0.29, 0.717) is 11.7 Å². The van der Waals surface area contributed by atoms with Crippen molar-refractivity contribution in [3.05, 3.63) is 138 Å². The first-order valence-electron chi connectivity index (χ1n) is 10.6. The van der Waals surface area contributed by atoms with Gasteiger partial charge in [-0.15, -0.1) is 34.4 Å². The molecule has 0 saturated heterocycles. The van der Waals surface area contributed by atoms with Crippen LogP contribution >= 0.6 is 0 Å². The van der Waals surface area contributed by atoms with Crippen molar-refractivity contribution in [2.75, 3.05) is 0 Å². The molecule has 5 nitrogen and oxygen atoms in total. The molecule has 0 amide bonds. The zero-order chi connectivity index (χ0) is 21.8. The van der Waals surface area contributed by atoms with Gasteiger partial charge in [-0.05, 0) is 24.3 Å². The fourth-order valence-electron chi connectivity index (χ4n) is 4.17. The summed E-state index contributed by atoms with van der Waals surface area (Å²) in [5, 5.41) is 17.4. The maximum absolute atomic E-state index is 8.63. The average molecular weight is 615 g/mol. The number of rotatable bonds is 4. The van der Waals surface area contributed by atoms with E-state index in [9.17, 15) is 0 Å². The summed E-state index contributed by atoms with van der Waals surface area (Å²) in [4.78, 5) is 0. The van der Waals surface area contributed by atoms with Gasteiger partial charge in [0.25, 0.3) is 0 Å². The Labute approximate surface area is 207 Å². The van der Waals surface area contributed by atoms with E-state index in [1.165, 1.54) is 27.9 Å². The van der Waals surface area contributed by atoms with Crippen LogP contribution in [-0.4, -0.2) is 24.7 Å². The number of phenols is 1. The minimum atomic E-state index is 0. The van der Waals surface area contributed by atoms with E-state index in [4.69, 9.17) is 5.11 Å². The maximum Gasteiger partial charge on any atom is 0.115 e. The van der Waals surface area contributed by atoms with Crippen LogP contribution in [0.2, 0.25) is 0 Å². The van der Waals surface area contributed by atoms with E-state index in [0.717, 1.165) is 13.1 Å². The van der Waals surface area contributed by atoms with Gasteiger partial charge in [0.15, 0.2) is 0 Å². The van der Waals surface area contributed by atoms with Crippen molar-refractivity contribution in [2.45, 2.75) is 13.1 Å². The Balaban J connectivity index is 0.000000280. The van der Waals surface area contributed by atoms with E-state index in [-0.39, 0.29) is 21.1 Å². The minimum absolute atomic E-state index is 0. The van der Waals surface area contributed by atoms with Crippen LogP contribution < -0.4 is 0 Å². The van der Waals surface area contributed by atoms with Crippen LogP contribution in [0.15, 0.2) is 132 Å². The van der Waals surface area contributed by atoms with Crippen molar-refractivity contribution in [3.8, 4) is 5.75 Å². The molecule has 0 spiro atoms. The standard InChI is InChI=1S/C21H17N4.C6H6O.Pt/c1-5-16-6-2-8-20-18(15-25-12-4-10-23-25)13-17(19(7-1)21(16)20)14-24-11-3-9-22-24;7-6-4-2-1-3-5-6;/h1-12,21H,14-15H2;1-5,7H;/q-1;;. The molecule has 1 atom stereocenters. The first-order valence-corrected chi connectivity index (χ1v) is 10.6. The summed E-state index contributed by atoms with van der Waals surface area (Å²) in [5.41, 5.74) is 6.39. The van der Waals surface area contributed by atoms with Crippen LogP contribution in [0.25, 0.3) is 0 Å². The summed E-state index contributed by atoms with van der Waals surface area (Å²) in [6.45, 7) is 1.46. The Kier molecular flexibility index (Phi) is 7.21. The summed E-state index contributed by atoms with van der Waals surface area (Å²) >= 11 is 0. The van der Waals surface area contributed by atoms with E-state index >= 15 is 0 Å². The number of hydrogen-bond acceptors (Lipinski definition) is 3. The van der Waals surface area contributed by atoms with Gasteiger partial charge in [-0.2, -0.15) is 16.3 Å². The molecule has 2 aromatic heterocycles. The first-order chi connectivity index (χ1) is 15.8. The Morgan fingerprint density at radius 1 is 0.848 bits per heavy atom. The molecule has 0 fully saturated rings. The Morgan fingerprint density at radius 2 is 1.55 bits per heavy atom. The molecule has 0 saturated carbocycles. The molecule has 3 aliphatic rings. The predicted octanol–water partition coefficient (Wildman–Crippen LogP) is 4.82. The Bertz CT molecular complexity index is 1260. The largest absolute Gasteiger partial charge is 0.508 e. The molecule has 0 aliphatic heterocycles. The van der Waals surface area contributed by atoms with Gasteiger partial charge in [-0.3, -0.25) is 9.36 Å². The number of hydrogen-bond donors (Lipinski definition) is 1. The van der Waals surface area contributed by atoms with Crippen LogP contribution in [-0.2, 0) is 34.2 Å². The van der Waals surface area contributed by atoms with Crippen LogP contribution in [0.1, 0.15) is 0 Å². The molecule has 1 unspecified atom stereocenters. The molecule has 1 aromatic carbocycles. The van der Waals surface area contributed by atoms with Gasteiger partial charge in [-0.1, -0.05) is 54.0 Å². The molecule has 3 aliphatic carbocycles. The van der Waals surface area contributed by atoms with E-state index in [1.807, 2.05) is 52.4 Å². The van der Waals surface area contributed by atoms with Gasteiger partial charge in [0.05, 0.1) is 0 Å². The summed E-state index contributed by atoms with van der Waals surface area (Å²) in [5.74, 6) is 0.620. The van der Waals surface area contributed by atoms with Gasteiger partial charge in [0.2, 0.25) is 0 Å². The van der Waals surface area contributed by atoms with Gasteiger partial charge in [-0.25, -0.2) is 0 Å². The monoisotopic (exact) mass is 614 g/mol. The second kappa shape index (κ2) is 10.5. The van der Waals surface area contributed by atoms with Crippen LogP contribution in [0.4, 0.5) is 0 Å². The van der Waals surface area contributed by atoms with Gasteiger partial charge < -0.3 is 5.11 Å². The molecule has 2 heterocycles. The van der Waals surface area contributed by atoms with Crippen molar-refractivity contribution < 1.29 is 26.2 Å². The number of aromatic hydroxyl groups is 1. The van der Waals surface area contributed by atoms with Crippen molar-refractivity contribution >= 4 is 0 Å². The number of nitrogens with zero attached hydrogens (tertiary/aromatic N) is 4. The third kappa shape index (κ3) is 5.15. The molecule has 0 radical (unpaired) electrons. The number of aromatic nitrogens is 4. The van der Waals surface area contributed by atoms with Crippen molar-refractivity contribution in [1.82, 2.24) is 19.6 Å². The summed E-state index contributed by atoms with van der Waals surface area (Å²) in [6, 6.07) is 12.6. The Hall–Kier alpha value is -3.43. The zero-order valence-corrected chi connectivity index (χ0v) is 20.1. The quantitative estimate of drug-likeness (QED) is 0.429. The topological polar surface area (TPSA) is 55.9 Å². The van der Waals surface area contributed by atoms with Crippen molar-refractivity contribution in [3.63, 3.8) is 0 Å². The second-order valence-electron chi connectivity index (χ2n) is 7.72. The fraction of sp³-hybridized carbons (Fsp3) is 0.111. The minimum Gasteiger partial charge on any atom is -0.508 e. The van der Waals surface area contributed by atoms with E-state index < -0.39 is 0 Å². The molecular weight excluding hydrogens is 591 g/mol. The predicted molar refractivity (Wildman–Crippen MR) is 124 cm³/mol. The molecule has 168 valence electrons. The molecule has 6 heteroatoms. The smallest absolute Gasteiger partial charge is 0.115 e. The van der Waals surface area contributed by atoms with Crippen LogP contribution in [0, 0.1) is 12.0 Å². The molecule has 6 rings (SSSR count). The number of phenolic OH excluding ortho intramolecular Hbond substituents is 1. The number of allylic oxidation sites excluding steroid dienone is 12. The first kappa shape index (κ1) is 22.8. The fourth-order valence-corrected chi connectivity index (χ4v) is 4.17. The SMILES string of the molecule is Oc1ccccc1.[C-]1=C(Cn2cccn2)C2=CC=CC3=CC=CC(=C1Cn1cccn1)C32.[Pt]. The number of benzene rings is 1. The third-order valence-corrected chi connectivity index (χ3v) is 5.60. The Morgan fingerprint density at radius 3 is 2.18 bits per heavy atom. The second-order valence-corrected chi connectivity index (χ2v) is 7.72. The van der Waals surface area contributed by atoms with E-state index in [2.05, 4.69) is 52.7 Å². The molecule has 33 heavy (non-hydrogen) atoms. The van der Waals surface area contributed by atoms with Gasteiger partial charge in [0, 0.05) is 58.9 Å². The van der Waals surface area contributed by atoms with Crippen LogP contribution in [0.5, 0.6) is 5.75 Å². The maximum atomic E-state index is 8.63. The summed E-state index contributed by atoms with van der Waals surface area (Å²) in [7, 11) is 0. The summed E-state index contributed by atoms with van der Waals surface area (Å²) in [6.07, 6.45) is 24.4. The normalized spacial score (nSPS) is 17.7. The van der Waals surface area contributed by atoms with Gasteiger partial charge >= 0.3 is 0 Å². The van der Waals surface area contributed by atoms with Gasteiger partial charge in [0.1, 0.15) is 5.75 Å². The molecular formula is C27H23N4OPt-. The van der Waals surface area contributed by atoms with Crippen molar-refractivity contribution in [1.29, 1.82) is 0 Å².